The molecule has 1 aliphatic carbocycles. The predicted molar refractivity (Wildman–Crippen MR) is 114 cm³/mol. The van der Waals surface area contributed by atoms with E-state index in [1.54, 1.807) is 4.90 Å². The van der Waals surface area contributed by atoms with E-state index in [2.05, 4.69) is 17.1 Å². The van der Waals surface area contributed by atoms with E-state index in [1.807, 2.05) is 38.1 Å². The number of pyridine rings is 1. The van der Waals surface area contributed by atoms with Crippen molar-refractivity contribution >= 4 is 16.8 Å². The van der Waals surface area contributed by atoms with Crippen molar-refractivity contribution in [2.24, 2.45) is 5.92 Å². The first-order valence-corrected chi connectivity index (χ1v) is 10.3. The third kappa shape index (κ3) is 3.54. The largest absolute Gasteiger partial charge is 0.454 e. The second kappa shape index (κ2) is 7.20. The van der Waals surface area contributed by atoms with Crippen molar-refractivity contribution in [3.8, 4) is 11.5 Å². The third-order valence-corrected chi connectivity index (χ3v) is 5.78. The van der Waals surface area contributed by atoms with Crippen LogP contribution >= 0.6 is 0 Å². The summed E-state index contributed by atoms with van der Waals surface area (Å²) in [6.07, 6.45) is 1.84. The van der Waals surface area contributed by atoms with Gasteiger partial charge >= 0.3 is 0 Å². The van der Waals surface area contributed by atoms with E-state index in [4.69, 9.17) is 9.47 Å². The summed E-state index contributed by atoms with van der Waals surface area (Å²) in [5.41, 5.74) is 4.45. The molecule has 1 aromatic heterocycles. The molecule has 0 unspecified atom stereocenters. The number of carbonyl (C=O) groups excluding carboxylic acids is 1. The van der Waals surface area contributed by atoms with Gasteiger partial charge in [-0.2, -0.15) is 0 Å². The molecule has 1 amide bonds. The molecule has 1 saturated carbocycles. The molecule has 2 aliphatic rings. The van der Waals surface area contributed by atoms with Gasteiger partial charge in [0.05, 0.1) is 12.1 Å². The highest BCUT2D eigenvalue weighted by atomic mass is 16.7. The summed E-state index contributed by atoms with van der Waals surface area (Å²) >= 11 is 0. The van der Waals surface area contributed by atoms with Crippen LogP contribution in [0.3, 0.4) is 0 Å². The highest BCUT2D eigenvalue weighted by molar-refractivity contribution is 5.83. The first kappa shape index (κ1) is 18.7. The minimum atomic E-state index is -0.145. The zero-order valence-corrected chi connectivity index (χ0v) is 17.2. The Balaban J connectivity index is 1.47. The van der Waals surface area contributed by atoms with Crippen molar-refractivity contribution in [2.45, 2.75) is 39.8 Å². The van der Waals surface area contributed by atoms with Gasteiger partial charge in [-0.3, -0.25) is 9.59 Å². The number of ether oxygens (including phenoxy) is 2. The first-order chi connectivity index (χ1) is 14.5. The number of H-pyrrole nitrogens is 1. The Morgan fingerprint density at radius 2 is 1.87 bits per heavy atom. The van der Waals surface area contributed by atoms with Crippen LogP contribution in [0.1, 0.15) is 35.1 Å². The topological polar surface area (TPSA) is 71.6 Å². The highest BCUT2D eigenvalue weighted by Gasteiger charge is 2.34. The lowest BCUT2D eigenvalue weighted by Crippen LogP contribution is -2.33. The highest BCUT2D eigenvalue weighted by Crippen LogP contribution is 2.35. The van der Waals surface area contributed by atoms with E-state index in [1.165, 1.54) is 0 Å². The van der Waals surface area contributed by atoms with Crippen LogP contribution in [-0.4, -0.2) is 22.6 Å². The van der Waals surface area contributed by atoms with Gasteiger partial charge in [-0.15, -0.1) is 0 Å². The summed E-state index contributed by atoms with van der Waals surface area (Å²) in [7, 11) is 0. The number of nitrogens with one attached hydrogen (secondary N) is 1. The molecule has 2 aromatic carbocycles. The average Bonchev–Trinajstić information content (AvgIpc) is 3.46. The smallest absolute Gasteiger partial charge is 0.253 e. The summed E-state index contributed by atoms with van der Waals surface area (Å²) in [4.78, 5) is 30.6. The fraction of sp³-hybridized carbons (Fsp3) is 0.333. The molecule has 6 nitrogen and oxygen atoms in total. The molecule has 1 N–H and O–H groups in total. The standard InChI is InChI=1S/C24H24N2O4/c1-14-7-15(2)22-18(8-14)10-19(23(27)25-22)12-26(24(28)17-4-5-17)11-16-3-6-20-21(9-16)30-13-29-20/h3,6-10,17H,4-5,11-13H2,1-2H3,(H,25,27). The number of carbonyl (C=O) groups is 1. The van der Waals surface area contributed by atoms with Crippen molar-refractivity contribution in [3.63, 3.8) is 0 Å². The number of rotatable bonds is 5. The molecule has 1 aliphatic heterocycles. The predicted octanol–water partition coefficient (Wildman–Crippen LogP) is 3.81. The minimum Gasteiger partial charge on any atom is -0.454 e. The SMILES string of the molecule is Cc1cc(C)c2[nH]c(=O)c(CN(Cc3ccc4c(c3)OCO4)C(=O)C3CC3)cc2c1. The van der Waals surface area contributed by atoms with Gasteiger partial charge in [0.1, 0.15) is 0 Å². The molecule has 0 saturated heterocycles. The van der Waals surface area contributed by atoms with Crippen molar-refractivity contribution in [2.75, 3.05) is 6.79 Å². The molecule has 5 rings (SSSR count). The zero-order valence-electron chi connectivity index (χ0n) is 17.2. The monoisotopic (exact) mass is 404 g/mol. The van der Waals surface area contributed by atoms with E-state index in [-0.39, 0.29) is 30.7 Å². The number of fused-ring (bicyclic) bond motifs is 2. The van der Waals surface area contributed by atoms with Gasteiger partial charge in [0.25, 0.3) is 5.56 Å². The van der Waals surface area contributed by atoms with Crippen LogP contribution in [0.15, 0.2) is 41.2 Å². The summed E-state index contributed by atoms with van der Waals surface area (Å²) in [6, 6.07) is 11.8. The van der Waals surface area contributed by atoms with Crippen LogP contribution in [0, 0.1) is 19.8 Å². The van der Waals surface area contributed by atoms with E-state index < -0.39 is 0 Å². The average molecular weight is 404 g/mol. The van der Waals surface area contributed by atoms with Crippen LogP contribution in [0.25, 0.3) is 10.9 Å². The number of aromatic nitrogens is 1. The lowest BCUT2D eigenvalue weighted by Gasteiger charge is -2.23. The maximum atomic E-state index is 13.0. The Morgan fingerprint density at radius 3 is 2.67 bits per heavy atom. The van der Waals surface area contributed by atoms with Crippen LogP contribution in [0.2, 0.25) is 0 Å². The van der Waals surface area contributed by atoms with Crippen LogP contribution in [-0.2, 0) is 17.9 Å². The number of hydrogen-bond donors (Lipinski definition) is 1. The molecule has 154 valence electrons. The Kier molecular flexibility index (Phi) is 4.50. The van der Waals surface area contributed by atoms with Gasteiger partial charge in [-0.25, -0.2) is 0 Å². The molecule has 0 spiro atoms. The fourth-order valence-electron chi connectivity index (χ4n) is 4.12. The molecule has 6 heteroatoms. The van der Waals surface area contributed by atoms with E-state index in [0.29, 0.717) is 17.9 Å². The van der Waals surface area contributed by atoms with Crippen molar-refractivity contribution in [1.29, 1.82) is 0 Å². The Bertz CT molecular complexity index is 1210. The Morgan fingerprint density at radius 1 is 1.07 bits per heavy atom. The number of aryl methyl sites for hydroxylation is 2. The fourth-order valence-corrected chi connectivity index (χ4v) is 4.12. The van der Waals surface area contributed by atoms with Crippen LogP contribution in [0.5, 0.6) is 11.5 Å². The van der Waals surface area contributed by atoms with Gasteiger partial charge in [0, 0.05) is 18.0 Å². The molecule has 2 heterocycles. The zero-order chi connectivity index (χ0) is 20.8. The lowest BCUT2D eigenvalue weighted by atomic mass is 10.0. The lowest BCUT2D eigenvalue weighted by molar-refractivity contribution is -0.133. The maximum absolute atomic E-state index is 13.0. The summed E-state index contributed by atoms with van der Waals surface area (Å²) in [6.45, 7) is 4.96. The number of amides is 1. The Labute approximate surface area is 174 Å². The Hall–Kier alpha value is -3.28. The van der Waals surface area contributed by atoms with Crippen LogP contribution in [0.4, 0.5) is 0 Å². The van der Waals surface area contributed by atoms with E-state index in [0.717, 1.165) is 46.2 Å². The van der Waals surface area contributed by atoms with E-state index in [9.17, 15) is 9.59 Å². The van der Waals surface area contributed by atoms with Gasteiger partial charge in [-0.05, 0) is 67.5 Å². The number of benzene rings is 2. The van der Waals surface area contributed by atoms with Gasteiger partial charge < -0.3 is 19.4 Å². The quantitative estimate of drug-likeness (QED) is 0.702. The summed E-state index contributed by atoms with van der Waals surface area (Å²) in [5, 5.41) is 0.990. The molecule has 0 bridgehead atoms. The van der Waals surface area contributed by atoms with Crippen molar-refractivity contribution < 1.29 is 14.3 Å². The molecule has 0 atom stereocenters. The number of hydrogen-bond acceptors (Lipinski definition) is 4. The second-order valence-electron chi connectivity index (χ2n) is 8.33. The number of aromatic amines is 1. The molecule has 0 radical (unpaired) electrons. The molecule has 30 heavy (non-hydrogen) atoms. The summed E-state index contributed by atoms with van der Waals surface area (Å²) in [5.74, 6) is 1.59. The molecule has 1 fully saturated rings. The normalized spacial score (nSPS) is 14.9. The molecular weight excluding hydrogens is 380 g/mol. The van der Waals surface area contributed by atoms with Gasteiger partial charge in [-0.1, -0.05) is 17.7 Å². The first-order valence-electron chi connectivity index (χ1n) is 10.3. The van der Waals surface area contributed by atoms with Gasteiger partial charge in [0.15, 0.2) is 11.5 Å². The third-order valence-electron chi connectivity index (χ3n) is 5.78. The van der Waals surface area contributed by atoms with Crippen molar-refractivity contribution in [1.82, 2.24) is 9.88 Å². The number of nitrogens with zero attached hydrogens (tertiary/aromatic N) is 1. The van der Waals surface area contributed by atoms with E-state index >= 15 is 0 Å². The van der Waals surface area contributed by atoms with Gasteiger partial charge in [0.2, 0.25) is 12.7 Å². The molecule has 3 aromatic rings. The summed E-state index contributed by atoms with van der Waals surface area (Å²) < 4.78 is 10.8. The second-order valence-corrected chi connectivity index (χ2v) is 8.33. The maximum Gasteiger partial charge on any atom is 0.253 e. The minimum absolute atomic E-state index is 0.0723. The van der Waals surface area contributed by atoms with Crippen LogP contribution < -0.4 is 15.0 Å². The molecular formula is C24H24N2O4. The van der Waals surface area contributed by atoms with Crippen molar-refractivity contribution in [3.05, 3.63) is 69.0 Å².